The van der Waals surface area contributed by atoms with Crippen LogP contribution >= 0.6 is 0 Å². The Morgan fingerprint density at radius 3 is 2.07 bits per heavy atom. The van der Waals surface area contributed by atoms with E-state index in [-0.39, 0.29) is 25.2 Å². The molecule has 6 heteroatoms. The summed E-state index contributed by atoms with van der Waals surface area (Å²) in [6.07, 6.45) is -4.75. The van der Waals surface area contributed by atoms with Crippen molar-refractivity contribution in [2.45, 2.75) is 32.1 Å². The van der Waals surface area contributed by atoms with Gasteiger partial charge in [0.25, 0.3) is 0 Å². The summed E-state index contributed by atoms with van der Waals surface area (Å²) in [5.74, 6) is -1.74. The SMILES string of the molecule is CC1CN(C(=O)C(F)(F)F)CC(C)N1. The second-order valence-electron chi connectivity index (χ2n) is 3.68. The van der Waals surface area contributed by atoms with E-state index in [1.54, 1.807) is 13.8 Å². The van der Waals surface area contributed by atoms with Crippen molar-refractivity contribution in [1.29, 1.82) is 0 Å². The first-order valence-corrected chi connectivity index (χ1v) is 4.43. The lowest BCUT2D eigenvalue weighted by Gasteiger charge is -2.36. The predicted molar refractivity (Wildman–Crippen MR) is 44.7 cm³/mol. The van der Waals surface area contributed by atoms with Gasteiger partial charge in [0.05, 0.1) is 0 Å². The molecular weight excluding hydrogens is 197 g/mol. The summed E-state index contributed by atoms with van der Waals surface area (Å²) in [5.41, 5.74) is 0. The van der Waals surface area contributed by atoms with E-state index in [4.69, 9.17) is 0 Å². The standard InChI is InChI=1S/C8H13F3N2O/c1-5-3-13(4-6(2)12-5)7(14)8(9,10)11/h5-6,12H,3-4H2,1-2H3. The molecule has 0 aromatic rings. The van der Waals surface area contributed by atoms with E-state index in [1.165, 1.54) is 0 Å². The molecule has 14 heavy (non-hydrogen) atoms. The molecule has 0 aliphatic carbocycles. The van der Waals surface area contributed by atoms with Gasteiger partial charge in [-0.05, 0) is 13.8 Å². The maximum atomic E-state index is 12.1. The third kappa shape index (κ3) is 2.60. The van der Waals surface area contributed by atoms with Crippen LogP contribution in [0, 0.1) is 0 Å². The Labute approximate surface area is 80.3 Å². The number of carbonyl (C=O) groups excluding carboxylic acids is 1. The zero-order chi connectivity index (χ0) is 10.9. The largest absolute Gasteiger partial charge is 0.471 e. The maximum Gasteiger partial charge on any atom is 0.471 e. The van der Waals surface area contributed by atoms with Crippen molar-refractivity contribution in [3.63, 3.8) is 0 Å². The van der Waals surface area contributed by atoms with Gasteiger partial charge in [-0.15, -0.1) is 0 Å². The van der Waals surface area contributed by atoms with E-state index >= 15 is 0 Å². The molecule has 3 nitrogen and oxygen atoms in total. The lowest BCUT2D eigenvalue weighted by atomic mass is 10.1. The van der Waals surface area contributed by atoms with Crippen LogP contribution in [0.2, 0.25) is 0 Å². The van der Waals surface area contributed by atoms with E-state index in [0.717, 1.165) is 4.90 Å². The summed E-state index contributed by atoms with van der Waals surface area (Å²) in [6.45, 7) is 3.74. The van der Waals surface area contributed by atoms with Crippen LogP contribution < -0.4 is 5.32 Å². The molecule has 0 aromatic heterocycles. The highest BCUT2D eigenvalue weighted by atomic mass is 19.4. The molecule has 0 aromatic carbocycles. The molecule has 0 spiro atoms. The van der Waals surface area contributed by atoms with Crippen molar-refractivity contribution in [1.82, 2.24) is 10.2 Å². The summed E-state index contributed by atoms with van der Waals surface area (Å²) in [6, 6.07) is -0.185. The van der Waals surface area contributed by atoms with Crippen molar-refractivity contribution in [2.75, 3.05) is 13.1 Å². The molecule has 2 unspecified atom stereocenters. The second-order valence-corrected chi connectivity index (χ2v) is 3.68. The van der Waals surface area contributed by atoms with Gasteiger partial charge >= 0.3 is 12.1 Å². The van der Waals surface area contributed by atoms with Crippen LogP contribution in [0.4, 0.5) is 13.2 Å². The molecular formula is C8H13F3N2O. The van der Waals surface area contributed by atoms with Gasteiger partial charge in [0, 0.05) is 25.2 Å². The number of hydrogen-bond acceptors (Lipinski definition) is 2. The van der Waals surface area contributed by atoms with Crippen LogP contribution in [-0.2, 0) is 4.79 Å². The summed E-state index contributed by atoms with van der Waals surface area (Å²) in [4.78, 5) is 11.7. The molecule has 0 saturated carbocycles. The van der Waals surface area contributed by atoms with Crippen LogP contribution in [0.1, 0.15) is 13.8 Å². The topological polar surface area (TPSA) is 32.3 Å². The number of carbonyl (C=O) groups is 1. The van der Waals surface area contributed by atoms with Crippen LogP contribution in [0.25, 0.3) is 0 Å². The van der Waals surface area contributed by atoms with E-state index in [0.29, 0.717) is 0 Å². The van der Waals surface area contributed by atoms with Gasteiger partial charge in [-0.3, -0.25) is 4.79 Å². The van der Waals surface area contributed by atoms with Gasteiger partial charge in [0.2, 0.25) is 0 Å². The Balaban J connectivity index is 2.64. The molecule has 1 N–H and O–H groups in total. The molecule has 0 radical (unpaired) electrons. The van der Waals surface area contributed by atoms with Gasteiger partial charge < -0.3 is 10.2 Å². The Morgan fingerprint density at radius 1 is 1.29 bits per heavy atom. The number of alkyl halides is 3. The fourth-order valence-corrected chi connectivity index (χ4v) is 1.67. The van der Waals surface area contributed by atoms with Gasteiger partial charge in [0.15, 0.2) is 0 Å². The van der Waals surface area contributed by atoms with Crippen molar-refractivity contribution in [3.05, 3.63) is 0 Å². The van der Waals surface area contributed by atoms with E-state index < -0.39 is 12.1 Å². The fourth-order valence-electron chi connectivity index (χ4n) is 1.67. The van der Waals surface area contributed by atoms with Gasteiger partial charge in [-0.25, -0.2) is 0 Å². The van der Waals surface area contributed by atoms with Crippen molar-refractivity contribution >= 4 is 5.91 Å². The number of rotatable bonds is 0. The minimum atomic E-state index is -4.75. The first-order valence-electron chi connectivity index (χ1n) is 4.43. The average molecular weight is 210 g/mol. The molecule has 0 bridgehead atoms. The number of amides is 1. The third-order valence-electron chi connectivity index (χ3n) is 2.09. The average Bonchev–Trinajstić information content (AvgIpc) is 1.99. The Morgan fingerprint density at radius 2 is 1.71 bits per heavy atom. The predicted octanol–water partition coefficient (Wildman–Crippen LogP) is 0.758. The molecule has 1 aliphatic rings. The summed E-state index contributed by atoms with van der Waals surface area (Å²) in [7, 11) is 0. The molecule has 1 rings (SSSR count). The quantitative estimate of drug-likeness (QED) is 0.640. The molecule has 2 atom stereocenters. The molecule has 82 valence electrons. The van der Waals surface area contributed by atoms with E-state index in [1.807, 2.05) is 0 Å². The van der Waals surface area contributed by atoms with Crippen LogP contribution in [0.3, 0.4) is 0 Å². The van der Waals surface area contributed by atoms with Gasteiger partial charge in [-0.1, -0.05) is 0 Å². The molecule has 1 amide bonds. The summed E-state index contributed by atoms with van der Waals surface area (Å²) >= 11 is 0. The first kappa shape index (κ1) is 11.3. The highest BCUT2D eigenvalue weighted by molar-refractivity contribution is 5.82. The number of halogens is 3. The lowest BCUT2D eigenvalue weighted by molar-refractivity contribution is -0.187. The summed E-state index contributed by atoms with van der Waals surface area (Å²) in [5, 5.41) is 3.05. The zero-order valence-electron chi connectivity index (χ0n) is 8.06. The van der Waals surface area contributed by atoms with Crippen LogP contribution in [0.15, 0.2) is 0 Å². The maximum absolute atomic E-state index is 12.1. The Bertz CT molecular complexity index is 219. The normalized spacial score (nSPS) is 29.1. The van der Waals surface area contributed by atoms with E-state index in [2.05, 4.69) is 5.32 Å². The monoisotopic (exact) mass is 210 g/mol. The van der Waals surface area contributed by atoms with Crippen molar-refractivity contribution < 1.29 is 18.0 Å². The number of hydrogen-bond donors (Lipinski definition) is 1. The van der Waals surface area contributed by atoms with Crippen LogP contribution in [0.5, 0.6) is 0 Å². The van der Waals surface area contributed by atoms with Gasteiger partial charge in [0.1, 0.15) is 0 Å². The highest BCUT2D eigenvalue weighted by Crippen LogP contribution is 2.20. The van der Waals surface area contributed by atoms with Crippen molar-refractivity contribution in [2.24, 2.45) is 0 Å². The number of nitrogens with zero attached hydrogens (tertiary/aromatic N) is 1. The smallest absolute Gasteiger partial charge is 0.332 e. The summed E-state index contributed by atoms with van der Waals surface area (Å²) < 4.78 is 36.2. The van der Waals surface area contributed by atoms with E-state index in [9.17, 15) is 18.0 Å². The Hall–Kier alpha value is -0.780. The minimum absolute atomic E-state index is 0.0925. The molecule has 1 saturated heterocycles. The minimum Gasteiger partial charge on any atom is -0.332 e. The number of nitrogens with one attached hydrogen (secondary N) is 1. The van der Waals surface area contributed by atoms with Crippen LogP contribution in [-0.4, -0.2) is 42.2 Å². The first-order chi connectivity index (χ1) is 6.30. The zero-order valence-corrected chi connectivity index (χ0v) is 8.06. The fraction of sp³-hybridized carbons (Fsp3) is 0.875. The third-order valence-corrected chi connectivity index (χ3v) is 2.09. The lowest BCUT2D eigenvalue weighted by Crippen LogP contribution is -2.58. The van der Waals surface area contributed by atoms with Gasteiger partial charge in [-0.2, -0.15) is 13.2 Å². The molecule has 1 heterocycles. The molecule has 1 fully saturated rings. The second kappa shape index (κ2) is 3.76. The van der Waals surface area contributed by atoms with Crippen molar-refractivity contribution in [3.8, 4) is 0 Å². The number of piperazine rings is 1. The highest BCUT2D eigenvalue weighted by Gasteiger charge is 2.43. The molecule has 1 aliphatic heterocycles. The Kier molecular flexibility index (Phi) is 3.04.